The summed E-state index contributed by atoms with van der Waals surface area (Å²) in [6.45, 7) is 7.42. The maximum absolute atomic E-state index is 12.9. The molecular weight excluding hydrogens is 324 g/mol. The second kappa shape index (κ2) is 5.87. The molecule has 0 fully saturated rings. The van der Waals surface area contributed by atoms with Crippen LogP contribution in [0.4, 0.5) is 0 Å². The Bertz CT molecular complexity index is 1020. The molecule has 124 valence electrons. The highest BCUT2D eigenvalue weighted by Crippen LogP contribution is 2.36. The van der Waals surface area contributed by atoms with Crippen molar-refractivity contribution in [2.75, 3.05) is 0 Å². The molecule has 0 unspecified atom stereocenters. The van der Waals surface area contributed by atoms with Crippen LogP contribution in [0.2, 0.25) is 0 Å². The van der Waals surface area contributed by atoms with Gasteiger partial charge in [0, 0.05) is 10.4 Å². The van der Waals surface area contributed by atoms with E-state index in [4.69, 9.17) is 0 Å². The summed E-state index contributed by atoms with van der Waals surface area (Å²) in [6, 6.07) is 4.98. The second-order valence-corrected chi connectivity index (χ2v) is 7.17. The fourth-order valence-corrected chi connectivity index (χ4v) is 3.75. The maximum atomic E-state index is 12.9. The number of rotatable bonds is 3. The number of carboxylic acids is 1. The number of aromatic nitrogens is 2. The molecule has 0 N–H and O–H groups in total. The van der Waals surface area contributed by atoms with Gasteiger partial charge in [-0.25, -0.2) is 4.98 Å². The number of hydrogen-bond donors (Lipinski definition) is 0. The van der Waals surface area contributed by atoms with Crippen molar-refractivity contribution in [1.29, 1.82) is 0 Å². The number of nitrogens with zero attached hydrogens (tertiary/aromatic N) is 2. The summed E-state index contributed by atoms with van der Waals surface area (Å²) >= 11 is 1.44. The molecule has 6 heteroatoms. The van der Waals surface area contributed by atoms with E-state index in [1.54, 1.807) is 0 Å². The van der Waals surface area contributed by atoms with Crippen LogP contribution in [0.15, 0.2) is 29.3 Å². The molecule has 3 aromatic rings. The van der Waals surface area contributed by atoms with Crippen LogP contribution in [-0.2, 0) is 4.79 Å². The van der Waals surface area contributed by atoms with E-state index in [-0.39, 0.29) is 5.56 Å². The monoisotopic (exact) mass is 341 g/mol. The first-order valence-electron chi connectivity index (χ1n) is 7.60. The van der Waals surface area contributed by atoms with Crippen LogP contribution < -0.4 is 10.7 Å². The van der Waals surface area contributed by atoms with E-state index >= 15 is 0 Å². The molecule has 0 spiro atoms. The Morgan fingerprint density at radius 1 is 1.25 bits per heavy atom. The highest BCUT2D eigenvalue weighted by atomic mass is 32.1. The summed E-state index contributed by atoms with van der Waals surface area (Å²) in [7, 11) is 0. The standard InChI is InChI=1S/C18H18N2O3S/c1-9-5-6-13(7-10(9)2)14-12(4)24-16-15(14)17(21)20(8-19-16)11(3)18(22)23/h5-8,11H,1-4H3,(H,22,23)/p-1/t11-/m1/s1. The van der Waals surface area contributed by atoms with Crippen LogP contribution in [-0.4, -0.2) is 15.5 Å². The molecule has 0 aliphatic carbocycles. The van der Waals surface area contributed by atoms with Crippen molar-refractivity contribution in [3.63, 3.8) is 0 Å². The van der Waals surface area contributed by atoms with Crippen molar-refractivity contribution < 1.29 is 9.90 Å². The van der Waals surface area contributed by atoms with Crippen molar-refractivity contribution in [2.45, 2.75) is 33.7 Å². The lowest BCUT2D eigenvalue weighted by atomic mass is 9.99. The van der Waals surface area contributed by atoms with Crippen molar-refractivity contribution in [2.24, 2.45) is 0 Å². The van der Waals surface area contributed by atoms with Gasteiger partial charge in [0.2, 0.25) is 0 Å². The van der Waals surface area contributed by atoms with Gasteiger partial charge in [0.1, 0.15) is 4.83 Å². The molecule has 0 amide bonds. The first kappa shape index (κ1) is 16.4. The number of thiophene rings is 1. The topological polar surface area (TPSA) is 75.0 Å². The van der Waals surface area contributed by atoms with Crippen molar-refractivity contribution >= 4 is 27.5 Å². The molecule has 0 bridgehead atoms. The van der Waals surface area contributed by atoms with Crippen molar-refractivity contribution in [1.82, 2.24) is 9.55 Å². The molecule has 5 nitrogen and oxygen atoms in total. The minimum absolute atomic E-state index is 0.353. The Labute approximate surface area is 143 Å². The van der Waals surface area contributed by atoms with Crippen LogP contribution in [0.1, 0.15) is 29.0 Å². The molecule has 1 atom stereocenters. The molecule has 2 heterocycles. The van der Waals surface area contributed by atoms with E-state index in [1.165, 1.54) is 30.2 Å². The predicted molar refractivity (Wildman–Crippen MR) is 93.2 cm³/mol. The van der Waals surface area contributed by atoms with Crippen LogP contribution in [0.5, 0.6) is 0 Å². The van der Waals surface area contributed by atoms with Gasteiger partial charge in [-0.05, 0) is 44.4 Å². The molecular formula is C18H17N2O3S-. The summed E-state index contributed by atoms with van der Waals surface area (Å²) in [5, 5.41) is 11.6. The molecule has 0 aliphatic heterocycles. The smallest absolute Gasteiger partial charge is 0.263 e. The van der Waals surface area contributed by atoms with E-state index < -0.39 is 12.0 Å². The van der Waals surface area contributed by atoms with E-state index in [0.717, 1.165) is 26.1 Å². The highest BCUT2D eigenvalue weighted by molar-refractivity contribution is 7.19. The average molecular weight is 341 g/mol. The molecule has 1 aromatic carbocycles. The first-order valence-corrected chi connectivity index (χ1v) is 8.41. The quantitative estimate of drug-likeness (QED) is 0.733. The van der Waals surface area contributed by atoms with E-state index in [9.17, 15) is 14.7 Å². The summed E-state index contributed by atoms with van der Waals surface area (Å²) in [6.07, 6.45) is 1.28. The molecule has 2 aromatic heterocycles. The van der Waals surface area contributed by atoms with Gasteiger partial charge in [-0.2, -0.15) is 0 Å². The van der Waals surface area contributed by atoms with E-state index in [1.807, 2.05) is 39.0 Å². The predicted octanol–water partition coefficient (Wildman–Crippen LogP) is 2.36. The number of benzene rings is 1. The third-order valence-corrected chi connectivity index (χ3v) is 5.38. The number of fused-ring (bicyclic) bond motifs is 1. The number of hydrogen-bond acceptors (Lipinski definition) is 5. The third-order valence-electron chi connectivity index (χ3n) is 4.37. The summed E-state index contributed by atoms with van der Waals surface area (Å²) in [4.78, 5) is 29.9. The minimum Gasteiger partial charge on any atom is -0.548 e. The number of carboxylic acid groups (broad SMARTS) is 1. The molecule has 3 rings (SSSR count). The van der Waals surface area contributed by atoms with Crippen molar-refractivity contribution in [3.8, 4) is 11.1 Å². The second-order valence-electron chi connectivity index (χ2n) is 5.96. The van der Waals surface area contributed by atoms with E-state index in [2.05, 4.69) is 4.98 Å². The zero-order valence-electron chi connectivity index (χ0n) is 13.9. The SMILES string of the molecule is Cc1ccc(-c2c(C)sc3ncn([C@H](C)C(=O)[O-])c(=O)c23)cc1C. The Hall–Kier alpha value is -2.47. The Morgan fingerprint density at radius 3 is 2.58 bits per heavy atom. The summed E-state index contributed by atoms with van der Waals surface area (Å²) < 4.78 is 1.12. The highest BCUT2D eigenvalue weighted by Gasteiger charge is 2.19. The fourth-order valence-electron chi connectivity index (χ4n) is 2.75. The maximum Gasteiger partial charge on any atom is 0.263 e. The number of aliphatic carboxylic acids is 1. The van der Waals surface area contributed by atoms with Gasteiger partial charge in [-0.1, -0.05) is 18.2 Å². The molecule has 0 saturated heterocycles. The van der Waals surface area contributed by atoms with Crippen LogP contribution >= 0.6 is 11.3 Å². The Morgan fingerprint density at radius 2 is 1.96 bits per heavy atom. The number of aryl methyl sites for hydroxylation is 3. The molecule has 0 radical (unpaired) electrons. The van der Waals surface area contributed by atoms with Crippen LogP contribution in [0.3, 0.4) is 0 Å². The van der Waals surface area contributed by atoms with Gasteiger partial charge >= 0.3 is 0 Å². The lowest BCUT2D eigenvalue weighted by Gasteiger charge is -2.15. The lowest BCUT2D eigenvalue weighted by molar-refractivity contribution is -0.309. The van der Waals surface area contributed by atoms with Crippen LogP contribution in [0, 0.1) is 20.8 Å². The molecule has 0 aliphatic rings. The zero-order chi connectivity index (χ0) is 17.6. The number of carbonyl (C=O) groups is 1. The average Bonchev–Trinajstić information content (AvgIpc) is 2.87. The Balaban J connectivity index is 2.34. The molecule has 24 heavy (non-hydrogen) atoms. The van der Waals surface area contributed by atoms with Crippen LogP contribution in [0.25, 0.3) is 21.3 Å². The van der Waals surface area contributed by atoms with Gasteiger partial charge in [-0.15, -0.1) is 11.3 Å². The Kier molecular flexibility index (Phi) is 4.01. The normalized spacial score (nSPS) is 12.5. The zero-order valence-corrected chi connectivity index (χ0v) is 14.7. The fraction of sp³-hybridized carbons (Fsp3) is 0.278. The van der Waals surface area contributed by atoms with Gasteiger partial charge < -0.3 is 9.90 Å². The first-order chi connectivity index (χ1) is 11.3. The van der Waals surface area contributed by atoms with Gasteiger partial charge in [0.05, 0.1) is 23.7 Å². The summed E-state index contributed by atoms with van der Waals surface area (Å²) in [5.74, 6) is -1.31. The van der Waals surface area contributed by atoms with Gasteiger partial charge in [0.25, 0.3) is 5.56 Å². The largest absolute Gasteiger partial charge is 0.548 e. The lowest BCUT2D eigenvalue weighted by Crippen LogP contribution is -2.36. The summed E-state index contributed by atoms with van der Waals surface area (Å²) in [5.41, 5.74) is 3.74. The third kappa shape index (κ3) is 2.53. The minimum atomic E-state index is -1.31. The van der Waals surface area contributed by atoms with E-state index in [0.29, 0.717) is 10.2 Å². The number of carbonyl (C=O) groups excluding carboxylic acids is 1. The van der Waals surface area contributed by atoms with Gasteiger partial charge in [-0.3, -0.25) is 9.36 Å². The van der Waals surface area contributed by atoms with Gasteiger partial charge in [0.15, 0.2) is 0 Å². The van der Waals surface area contributed by atoms with Crippen molar-refractivity contribution in [3.05, 3.63) is 50.9 Å². The molecule has 0 saturated carbocycles.